The molecule has 2 heterocycles. The molecule has 130 valence electrons. The van der Waals surface area contributed by atoms with E-state index in [-0.39, 0.29) is 12.0 Å². The van der Waals surface area contributed by atoms with E-state index in [2.05, 4.69) is 10.3 Å². The third-order valence-corrected chi connectivity index (χ3v) is 3.88. The number of hydrogen-bond acceptors (Lipinski definition) is 4. The maximum Gasteiger partial charge on any atom is 0.249 e. The van der Waals surface area contributed by atoms with Gasteiger partial charge in [-0.2, -0.15) is 0 Å². The van der Waals surface area contributed by atoms with Crippen molar-refractivity contribution in [2.75, 3.05) is 11.9 Å². The summed E-state index contributed by atoms with van der Waals surface area (Å²) in [5.74, 6) is 1.91. The largest absolute Gasteiger partial charge is 0.493 e. The maximum absolute atomic E-state index is 12.1. The lowest BCUT2D eigenvalue weighted by molar-refractivity contribution is -0.111. The Labute approximate surface area is 147 Å². The molecule has 1 N–H and O–H groups in total. The van der Waals surface area contributed by atoms with Gasteiger partial charge in [0.1, 0.15) is 23.4 Å². The molecule has 1 aliphatic heterocycles. The van der Waals surface area contributed by atoms with E-state index >= 15 is 0 Å². The first-order valence-corrected chi connectivity index (χ1v) is 8.44. The Bertz CT molecular complexity index is 815. The van der Waals surface area contributed by atoms with Crippen LogP contribution in [0.4, 0.5) is 5.82 Å². The predicted octanol–water partition coefficient (Wildman–Crippen LogP) is 3.76. The Kier molecular flexibility index (Phi) is 5.03. The van der Waals surface area contributed by atoms with E-state index in [1.54, 1.807) is 12.1 Å². The van der Waals surface area contributed by atoms with Gasteiger partial charge in [-0.3, -0.25) is 4.79 Å². The molecule has 0 saturated heterocycles. The van der Waals surface area contributed by atoms with Gasteiger partial charge in [-0.15, -0.1) is 0 Å². The molecule has 1 atom stereocenters. The van der Waals surface area contributed by atoms with Gasteiger partial charge in [-0.25, -0.2) is 4.98 Å². The molecular formula is C20H22N2O3. The van der Waals surface area contributed by atoms with Crippen LogP contribution in [-0.4, -0.2) is 23.6 Å². The van der Waals surface area contributed by atoms with Crippen LogP contribution in [0.1, 0.15) is 30.7 Å². The zero-order valence-electron chi connectivity index (χ0n) is 14.7. The molecule has 25 heavy (non-hydrogen) atoms. The molecule has 1 unspecified atom stereocenters. The fourth-order valence-electron chi connectivity index (χ4n) is 2.81. The van der Waals surface area contributed by atoms with Crippen LogP contribution in [0.25, 0.3) is 6.08 Å². The molecular weight excluding hydrogens is 316 g/mol. The molecule has 0 spiro atoms. The Morgan fingerprint density at radius 2 is 2.28 bits per heavy atom. The number of rotatable bonds is 5. The number of nitrogens with zero attached hydrogens (tertiary/aromatic N) is 1. The first kappa shape index (κ1) is 17.0. The normalized spacial score (nSPS) is 15.7. The molecule has 1 amide bonds. The summed E-state index contributed by atoms with van der Waals surface area (Å²) >= 11 is 0. The topological polar surface area (TPSA) is 60.5 Å². The van der Waals surface area contributed by atoms with E-state index in [4.69, 9.17) is 9.47 Å². The number of pyridine rings is 1. The minimum Gasteiger partial charge on any atom is -0.493 e. The number of anilines is 1. The van der Waals surface area contributed by atoms with Crippen molar-refractivity contribution in [3.63, 3.8) is 0 Å². The summed E-state index contributed by atoms with van der Waals surface area (Å²) in [6, 6.07) is 9.43. The molecule has 5 nitrogen and oxygen atoms in total. The number of carbonyl (C=O) groups excluding carboxylic acids is 1. The molecule has 1 aromatic heterocycles. The number of fused-ring (bicyclic) bond motifs is 1. The van der Waals surface area contributed by atoms with Crippen molar-refractivity contribution in [2.45, 2.75) is 33.3 Å². The minimum absolute atomic E-state index is 0.166. The van der Waals surface area contributed by atoms with Crippen molar-refractivity contribution in [3.8, 4) is 11.5 Å². The molecule has 2 aromatic rings. The number of ether oxygens (including phenoxy) is 2. The highest BCUT2D eigenvalue weighted by atomic mass is 16.5. The quantitative estimate of drug-likeness (QED) is 0.843. The van der Waals surface area contributed by atoms with Crippen molar-refractivity contribution in [1.29, 1.82) is 0 Å². The van der Waals surface area contributed by atoms with Crippen LogP contribution in [0.5, 0.6) is 11.5 Å². The van der Waals surface area contributed by atoms with Crippen LogP contribution >= 0.6 is 0 Å². The van der Waals surface area contributed by atoms with Gasteiger partial charge in [0.25, 0.3) is 0 Å². The first-order chi connectivity index (χ1) is 12.0. The molecule has 0 bridgehead atoms. The lowest BCUT2D eigenvalue weighted by atomic mass is 10.1. The third-order valence-electron chi connectivity index (χ3n) is 3.88. The van der Waals surface area contributed by atoms with E-state index in [1.165, 1.54) is 6.08 Å². The lowest BCUT2D eigenvalue weighted by Gasteiger charge is -2.10. The lowest BCUT2D eigenvalue weighted by Crippen LogP contribution is -2.09. The highest BCUT2D eigenvalue weighted by Gasteiger charge is 2.21. The average molecular weight is 338 g/mol. The van der Waals surface area contributed by atoms with Gasteiger partial charge >= 0.3 is 0 Å². The van der Waals surface area contributed by atoms with E-state index in [0.717, 1.165) is 34.7 Å². The molecule has 5 heteroatoms. The zero-order chi connectivity index (χ0) is 17.8. The molecule has 0 radical (unpaired) electrons. The van der Waals surface area contributed by atoms with Crippen LogP contribution in [0.15, 0.2) is 36.4 Å². The van der Waals surface area contributed by atoms with Gasteiger partial charge in [0.2, 0.25) is 5.91 Å². The van der Waals surface area contributed by atoms with E-state index in [1.807, 2.05) is 45.0 Å². The van der Waals surface area contributed by atoms with Crippen LogP contribution in [0, 0.1) is 6.92 Å². The van der Waals surface area contributed by atoms with Gasteiger partial charge < -0.3 is 14.8 Å². The Morgan fingerprint density at radius 1 is 1.44 bits per heavy atom. The number of nitrogens with one attached hydrogen (secondary N) is 1. The molecule has 0 fully saturated rings. The average Bonchev–Trinajstić information content (AvgIpc) is 2.92. The predicted molar refractivity (Wildman–Crippen MR) is 98.0 cm³/mol. The molecule has 1 aromatic carbocycles. The van der Waals surface area contributed by atoms with Crippen molar-refractivity contribution >= 4 is 17.8 Å². The van der Waals surface area contributed by atoms with Gasteiger partial charge in [0.05, 0.1) is 6.61 Å². The van der Waals surface area contributed by atoms with Gasteiger partial charge in [0.15, 0.2) is 0 Å². The van der Waals surface area contributed by atoms with Crippen LogP contribution in [-0.2, 0) is 11.2 Å². The molecule has 3 rings (SSSR count). The zero-order valence-corrected chi connectivity index (χ0v) is 14.7. The Balaban J connectivity index is 1.78. The minimum atomic E-state index is -0.240. The molecule has 1 aliphatic rings. The number of hydrogen-bond donors (Lipinski definition) is 1. The van der Waals surface area contributed by atoms with Gasteiger partial charge in [0, 0.05) is 29.3 Å². The summed E-state index contributed by atoms with van der Waals surface area (Å²) in [5.41, 5.74) is 2.81. The van der Waals surface area contributed by atoms with Crippen molar-refractivity contribution in [3.05, 3.63) is 53.2 Å². The Morgan fingerprint density at radius 3 is 3.04 bits per heavy atom. The monoisotopic (exact) mass is 338 g/mol. The van der Waals surface area contributed by atoms with E-state index < -0.39 is 0 Å². The fraction of sp³-hybridized carbons (Fsp3) is 0.300. The summed E-state index contributed by atoms with van der Waals surface area (Å²) in [6.45, 7) is 6.43. The standard InChI is InChI=1S/C20H22N2O3/c1-4-24-17-12-16-10-14(3)25-18(16)11-15(17)8-9-20(23)22-19-7-5-6-13(2)21-19/h5-9,11-12,14H,4,10H2,1-3H3,(H,21,22,23)/b9-8+. The van der Waals surface area contributed by atoms with Crippen LogP contribution in [0.3, 0.4) is 0 Å². The number of carbonyl (C=O) groups is 1. The van der Waals surface area contributed by atoms with Gasteiger partial charge in [-0.1, -0.05) is 6.07 Å². The summed E-state index contributed by atoms with van der Waals surface area (Å²) in [4.78, 5) is 16.4. The van der Waals surface area contributed by atoms with Crippen molar-refractivity contribution in [1.82, 2.24) is 4.98 Å². The van der Waals surface area contributed by atoms with Crippen molar-refractivity contribution in [2.24, 2.45) is 0 Å². The van der Waals surface area contributed by atoms with Crippen LogP contribution < -0.4 is 14.8 Å². The summed E-state index contributed by atoms with van der Waals surface area (Å²) < 4.78 is 11.5. The second-order valence-corrected chi connectivity index (χ2v) is 6.05. The van der Waals surface area contributed by atoms with E-state index in [0.29, 0.717) is 12.4 Å². The molecule has 0 saturated carbocycles. The second-order valence-electron chi connectivity index (χ2n) is 6.05. The Hall–Kier alpha value is -2.82. The highest BCUT2D eigenvalue weighted by molar-refractivity contribution is 6.01. The number of aromatic nitrogens is 1. The molecule has 0 aliphatic carbocycles. The summed E-state index contributed by atoms with van der Waals surface area (Å²) in [5, 5.41) is 2.75. The number of aryl methyl sites for hydroxylation is 1. The number of amides is 1. The SMILES string of the molecule is CCOc1cc2c(cc1/C=C/C(=O)Nc1cccc(C)n1)OC(C)C2. The summed E-state index contributed by atoms with van der Waals surface area (Å²) in [7, 11) is 0. The third kappa shape index (κ3) is 4.18. The van der Waals surface area contributed by atoms with E-state index in [9.17, 15) is 4.79 Å². The van der Waals surface area contributed by atoms with Gasteiger partial charge in [-0.05, 0) is 51.1 Å². The fourth-order valence-corrected chi connectivity index (χ4v) is 2.81. The van der Waals surface area contributed by atoms with Crippen molar-refractivity contribution < 1.29 is 14.3 Å². The second kappa shape index (κ2) is 7.38. The maximum atomic E-state index is 12.1. The smallest absolute Gasteiger partial charge is 0.249 e. The first-order valence-electron chi connectivity index (χ1n) is 8.44. The van der Waals surface area contributed by atoms with Crippen LogP contribution in [0.2, 0.25) is 0 Å². The summed E-state index contributed by atoms with van der Waals surface area (Å²) in [6.07, 6.45) is 4.26. The number of benzene rings is 1. The highest BCUT2D eigenvalue weighted by Crippen LogP contribution is 2.35.